The van der Waals surface area contributed by atoms with Gasteiger partial charge in [0.15, 0.2) is 17.3 Å². The molecule has 1 aromatic heterocycles. The fraction of sp³-hybridized carbons (Fsp3) is 0. The number of benzene rings is 1. The standard InChI is InChI=1S/C12H8ClFN2OS/c13-7-3-1-4-8(10(7)14)17-9-5-2-6-16-11(9)12(15)18/h1-6H,(H2,15,18). The average molecular weight is 283 g/mol. The highest BCUT2D eigenvalue weighted by molar-refractivity contribution is 7.80. The minimum absolute atomic E-state index is 0.00648. The molecule has 0 saturated heterocycles. The van der Waals surface area contributed by atoms with Gasteiger partial charge >= 0.3 is 0 Å². The summed E-state index contributed by atoms with van der Waals surface area (Å²) in [6, 6.07) is 7.71. The van der Waals surface area contributed by atoms with Crippen LogP contribution in [-0.2, 0) is 0 Å². The van der Waals surface area contributed by atoms with Crippen LogP contribution in [0.4, 0.5) is 4.39 Å². The lowest BCUT2D eigenvalue weighted by molar-refractivity contribution is 0.440. The molecule has 0 fully saturated rings. The lowest BCUT2D eigenvalue weighted by Gasteiger charge is -2.10. The van der Waals surface area contributed by atoms with Crippen molar-refractivity contribution < 1.29 is 9.13 Å². The highest BCUT2D eigenvalue weighted by Gasteiger charge is 2.12. The van der Waals surface area contributed by atoms with Gasteiger partial charge in [-0.3, -0.25) is 0 Å². The minimum atomic E-state index is -0.642. The summed E-state index contributed by atoms with van der Waals surface area (Å²) in [5.41, 5.74) is 5.80. The van der Waals surface area contributed by atoms with Crippen LogP contribution in [0.1, 0.15) is 5.69 Å². The zero-order valence-electron chi connectivity index (χ0n) is 9.06. The summed E-state index contributed by atoms with van der Waals surface area (Å²) in [5, 5.41) is -0.0201. The van der Waals surface area contributed by atoms with Crippen molar-refractivity contribution in [2.24, 2.45) is 5.73 Å². The molecule has 2 aromatic rings. The van der Waals surface area contributed by atoms with Gasteiger partial charge in [-0.2, -0.15) is 0 Å². The van der Waals surface area contributed by atoms with E-state index >= 15 is 0 Å². The minimum Gasteiger partial charge on any atom is -0.452 e. The fourth-order valence-corrected chi connectivity index (χ4v) is 1.66. The fourth-order valence-electron chi connectivity index (χ4n) is 1.34. The molecule has 0 unspecified atom stereocenters. The molecule has 92 valence electrons. The van der Waals surface area contributed by atoms with E-state index in [1.54, 1.807) is 18.2 Å². The normalized spacial score (nSPS) is 10.1. The topological polar surface area (TPSA) is 48.1 Å². The first kappa shape index (κ1) is 12.7. The second-order valence-electron chi connectivity index (χ2n) is 3.37. The number of rotatable bonds is 3. The van der Waals surface area contributed by atoms with Crippen molar-refractivity contribution in [3.8, 4) is 11.5 Å². The third-order valence-electron chi connectivity index (χ3n) is 2.14. The number of thiocarbonyl (C=S) groups is 1. The zero-order chi connectivity index (χ0) is 13.1. The molecule has 0 bridgehead atoms. The number of hydrogen-bond acceptors (Lipinski definition) is 3. The van der Waals surface area contributed by atoms with Gasteiger partial charge < -0.3 is 10.5 Å². The Kier molecular flexibility index (Phi) is 3.74. The Morgan fingerprint density at radius 3 is 2.72 bits per heavy atom. The van der Waals surface area contributed by atoms with Gasteiger partial charge in [-0.25, -0.2) is 9.37 Å². The molecule has 3 nitrogen and oxygen atoms in total. The maximum atomic E-state index is 13.7. The molecule has 0 radical (unpaired) electrons. The van der Waals surface area contributed by atoms with E-state index in [2.05, 4.69) is 4.98 Å². The lowest BCUT2D eigenvalue weighted by Crippen LogP contribution is -2.12. The lowest BCUT2D eigenvalue weighted by atomic mass is 10.3. The third kappa shape index (κ3) is 2.57. The zero-order valence-corrected chi connectivity index (χ0v) is 10.6. The molecule has 6 heteroatoms. The van der Waals surface area contributed by atoms with Crippen molar-refractivity contribution >= 4 is 28.8 Å². The maximum absolute atomic E-state index is 13.7. The van der Waals surface area contributed by atoms with Crippen LogP contribution in [0.5, 0.6) is 11.5 Å². The van der Waals surface area contributed by atoms with Gasteiger partial charge in [0.05, 0.1) is 5.02 Å². The Bertz CT molecular complexity index is 606. The summed E-state index contributed by atoms with van der Waals surface area (Å²) in [4.78, 5) is 4.06. The predicted molar refractivity (Wildman–Crippen MR) is 71.6 cm³/mol. The average Bonchev–Trinajstić information content (AvgIpc) is 2.35. The second-order valence-corrected chi connectivity index (χ2v) is 4.22. The molecular weight excluding hydrogens is 275 g/mol. The van der Waals surface area contributed by atoms with Crippen LogP contribution in [0.25, 0.3) is 0 Å². The Labute approximate surface area is 113 Å². The summed E-state index contributed by atoms with van der Waals surface area (Å²) in [7, 11) is 0. The third-order valence-corrected chi connectivity index (χ3v) is 2.63. The van der Waals surface area contributed by atoms with E-state index in [4.69, 9.17) is 34.3 Å². The van der Waals surface area contributed by atoms with Crippen LogP contribution in [0.15, 0.2) is 36.5 Å². The van der Waals surface area contributed by atoms with Crippen molar-refractivity contribution in [3.63, 3.8) is 0 Å². The molecule has 1 aromatic carbocycles. The van der Waals surface area contributed by atoms with Gasteiger partial charge in [0.1, 0.15) is 10.7 Å². The number of pyridine rings is 1. The van der Waals surface area contributed by atoms with Crippen molar-refractivity contribution in [3.05, 3.63) is 53.1 Å². The molecular formula is C12H8ClFN2OS. The molecule has 2 N–H and O–H groups in total. The molecule has 0 atom stereocenters. The van der Waals surface area contributed by atoms with Crippen LogP contribution >= 0.6 is 23.8 Å². The van der Waals surface area contributed by atoms with Crippen LogP contribution in [0.3, 0.4) is 0 Å². The number of nitrogens with two attached hydrogens (primary N) is 1. The molecule has 0 saturated carbocycles. The summed E-state index contributed by atoms with van der Waals surface area (Å²) in [6.07, 6.45) is 1.52. The first-order chi connectivity index (χ1) is 8.59. The van der Waals surface area contributed by atoms with E-state index in [1.807, 2.05) is 0 Å². The van der Waals surface area contributed by atoms with Crippen LogP contribution < -0.4 is 10.5 Å². The van der Waals surface area contributed by atoms with E-state index < -0.39 is 5.82 Å². The predicted octanol–water partition coefficient (Wildman–Crippen LogP) is 3.30. The number of hydrogen-bond donors (Lipinski definition) is 1. The van der Waals surface area contributed by atoms with Gasteiger partial charge in [0, 0.05) is 6.20 Å². The second kappa shape index (κ2) is 5.29. The Morgan fingerprint density at radius 1 is 1.28 bits per heavy atom. The Morgan fingerprint density at radius 2 is 2.00 bits per heavy atom. The first-order valence-corrected chi connectivity index (χ1v) is 5.75. The van der Waals surface area contributed by atoms with Crippen LogP contribution in [0.2, 0.25) is 5.02 Å². The molecule has 1 heterocycles. The van der Waals surface area contributed by atoms with Crippen LogP contribution in [-0.4, -0.2) is 9.97 Å². The molecule has 18 heavy (non-hydrogen) atoms. The van der Waals surface area contributed by atoms with Crippen molar-refractivity contribution in [2.45, 2.75) is 0 Å². The molecule has 0 aliphatic rings. The van der Waals surface area contributed by atoms with Gasteiger partial charge in [0.2, 0.25) is 0 Å². The maximum Gasteiger partial charge on any atom is 0.184 e. The summed E-state index contributed by atoms with van der Waals surface area (Å²) in [5.74, 6) is -0.365. The van der Waals surface area contributed by atoms with Gasteiger partial charge in [-0.15, -0.1) is 0 Å². The van der Waals surface area contributed by atoms with E-state index in [9.17, 15) is 4.39 Å². The number of halogens is 2. The van der Waals surface area contributed by atoms with Gasteiger partial charge in [0.25, 0.3) is 0 Å². The Hall–Kier alpha value is -1.72. The SMILES string of the molecule is NC(=S)c1ncccc1Oc1cccc(Cl)c1F. The number of aromatic nitrogens is 1. The summed E-state index contributed by atoms with van der Waals surface area (Å²) in [6.45, 7) is 0. The molecule has 0 aliphatic carbocycles. The van der Waals surface area contributed by atoms with E-state index in [0.717, 1.165) is 0 Å². The summed E-state index contributed by atoms with van der Waals surface area (Å²) < 4.78 is 19.1. The smallest absolute Gasteiger partial charge is 0.184 e. The molecule has 2 rings (SSSR count). The molecule has 0 amide bonds. The van der Waals surface area contributed by atoms with E-state index in [1.165, 1.54) is 18.3 Å². The molecule has 0 spiro atoms. The Balaban J connectivity index is 2.40. The van der Waals surface area contributed by atoms with Gasteiger partial charge in [-0.05, 0) is 24.3 Å². The van der Waals surface area contributed by atoms with Crippen molar-refractivity contribution in [1.82, 2.24) is 4.98 Å². The highest BCUT2D eigenvalue weighted by Crippen LogP contribution is 2.29. The van der Waals surface area contributed by atoms with Crippen molar-refractivity contribution in [2.75, 3.05) is 0 Å². The quantitative estimate of drug-likeness (QED) is 0.878. The van der Waals surface area contributed by atoms with E-state index in [-0.39, 0.29) is 21.5 Å². The number of nitrogens with zero attached hydrogens (tertiary/aromatic N) is 1. The monoisotopic (exact) mass is 282 g/mol. The number of ether oxygens (including phenoxy) is 1. The van der Waals surface area contributed by atoms with Gasteiger partial charge in [-0.1, -0.05) is 29.9 Å². The van der Waals surface area contributed by atoms with Crippen molar-refractivity contribution in [1.29, 1.82) is 0 Å². The van der Waals surface area contributed by atoms with E-state index in [0.29, 0.717) is 5.69 Å². The summed E-state index contributed by atoms with van der Waals surface area (Å²) >= 11 is 10.5. The molecule has 0 aliphatic heterocycles. The first-order valence-electron chi connectivity index (χ1n) is 4.96. The highest BCUT2D eigenvalue weighted by atomic mass is 35.5. The largest absolute Gasteiger partial charge is 0.452 e. The van der Waals surface area contributed by atoms with Crippen LogP contribution in [0, 0.1) is 5.82 Å².